The maximum atomic E-state index is 12.8. The Morgan fingerprint density at radius 2 is 1.75 bits per heavy atom. The topological polar surface area (TPSA) is 101 Å². The van der Waals surface area contributed by atoms with Crippen LogP contribution in [0.25, 0.3) is 0 Å². The minimum absolute atomic E-state index is 0.0716. The molecule has 0 radical (unpaired) electrons. The molecule has 2 N–H and O–H groups in total. The second kappa shape index (κ2) is 11.4. The van der Waals surface area contributed by atoms with E-state index in [0.29, 0.717) is 32.6 Å². The molecule has 2 rings (SSSR count). The van der Waals surface area contributed by atoms with Crippen LogP contribution >= 0.6 is 0 Å². The fraction of sp³-hybridized carbons (Fsp3) is 0.850. The first-order chi connectivity index (χ1) is 13.2. The van der Waals surface area contributed by atoms with Gasteiger partial charge in [0.15, 0.2) is 0 Å². The van der Waals surface area contributed by atoms with Gasteiger partial charge in [0, 0.05) is 37.5 Å². The predicted octanol–water partition coefficient (Wildman–Crippen LogP) is 0.887. The third kappa shape index (κ3) is 6.17. The van der Waals surface area contributed by atoms with Crippen molar-refractivity contribution >= 4 is 18.3 Å². The minimum Gasteiger partial charge on any atom is -0.483 e. The van der Waals surface area contributed by atoms with Crippen LogP contribution in [-0.4, -0.2) is 96.1 Å². The summed E-state index contributed by atoms with van der Waals surface area (Å²) in [5, 5.41) is 17.6. The van der Waals surface area contributed by atoms with Crippen LogP contribution in [-0.2, 0) is 14.4 Å². The van der Waals surface area contributed by atoms with Crippen molar-refractivity contribution in [2.75, 3.05) is 46.8 Å². The molecule has 2 saturated heterocycles. The van der Waals surface area contributed by atoms with Crippen molar-refractivity contribution in [2.45, 2.75) is 52.1 Å². The van der Waals surface area contributed by atoms with E-state index in [9.17, 15) is 14.7 Å². The van der Waals surface area contributed by atoms with E-state index >= 15 is 0 Å². The molecule has 8 nitrogen and oxygen atoms in total. The van der Waals surface area contributed by atoms with Crippen LogP contribution in [0.3, 0.4) is 0 Å². The molecule has 28 heavy (non-hydrogen) atoms. The van der Waals surface area contributed by atoms with Crippen LogP contribution in [0.1, 0.15) is 46.0 Å². The molecule has 0 aromatic carbocycles. The summed E-state index contributed by atoms with van der Waals surface area (Å²) in [6.45, 7) is 6.78. The Balaban J connectivity index is 0.00000122. The number of hydrogen-bond acceptors (Lipinski definition) is 5. The molecule has 1 spiro atoms. The summed E-state index contributed by atoms with van der Waals surface area (Å²) in [6, 6.07) is 0. The lowest BCUT2D eigenvalue weighted by molar-refractivity contribution is -0.151. The highest BCUT2D eigenvalue weighted by molar-refractivity contribution is 5.79. The molecule has 2 amide bonds. The molecule has 0 aliphatic carbocycles. The van der Waals surface area contributed by atoms with Gasteiger partial charge in [0.2, 0.25) is 11.8 Å². The smallest absolute Gasteiger partial charge is 0.290 e. The molecule has 0 aromatic rings. The maximum absolute atomic E-state index is 12.8. The quantitative estimate of drug-likeness (QED) is 0.666. The first-order valence-electron chi connectivity index (χ1n) is 10.2. The van der Waals surface area contributed by atoms with Gasteiger partial charge < -0.3 is 24.9 Å². The summed E-state index contributed by atoms with van der Waals surface area (Å²) >= 11 is 0. The highest BCUT2D eigenvalue weighted by Gasteiger charge is 2.47. The number of carbonyl (C=O) groups excluding carboxylic acids is 2. The number of hydrogen-bond donors (Lipinski definition) is 2. The lowest BCUT2D eigenvalue weighted by Gasteiger charge is -2.51. The summed E-state index contributed by atoms with van der Waals surface area (Å²) in [6.07, 6.45) is 3.66. The summed E-state index contributed by atoms with van der Waals surface area (Å²) in [5.74, 6) is 0.398. The zero-order chi connectivity index (χ0) is 21.3. The van der Waals surface area contributed by atoms with Crippen molar-refractivity contribution < 1.29 is 24.6 Å². The molecular formula is C20H37N3O5. The van der Waals surface area contributed by atoms with Gasteiger partial charge in [0.25, 0.3) is 6.47 Å². The highest BCUT2D eigenvalue weighted by atomic mass is 16.3. The first-order valence-corrected chi connectivity index (χ1v) is 10.2. The lowest BCUT2D eigenvalue weighted by atomic mass is 9.71. The number of carbonyl (C=O) groups is 3. The van der Waals surface area contributed by atoms with Gasteiger partial charge in [-0.05, 0) is 46.2 Å². The molecule has 0 bridgehead atoms. The third-order valence-corrected chi connectivity index (χ3v) is 5.94. The van der Waals surface area contributed by atoms with Crippen molar-refractivity contribution in [1.82, 2.24) is 14.7 Å². The molecular weight excluding hydrogens is 362 g/mol. The number of aliphatic hydroxyl groups is 1. The third-order valence-electron chi connectivity index (χ3n) is 5.94. The Labute approximate surface area is 168 Å². The van der Waals surface area contributed by atoms with Crippen LogP contribution in [0.15, 0.2) is 0 Å². The van der Waals surface area contributed by atoms with Gasteiger partial charge in [-0.15, -0.1) is 0 Å². The lowest BCUT2D eigenvalue weighted by Crippen LogP contribution is -2.61. The van der Waals surface area contributed by atoms with Gasteiger partial charge in [-0.25, -0.2) is 0 Å². The average molecular weight is 400 g/mol. The fourth-order valence-corrected chi connectivity index (χ4v) is 4.38. The Morgan fingerprint density at radius 3 is 2.29 bits per heavy atom. The van der Waals surface area contributed by atoms with Gasteiger partial charge in [0.1, 0.15) is 0 Å². The normalized spacial score (nSPS) is 24.9. The monoisotopic (exact) mass is 399 g/mol. The van der Waals surface area contributed by atoms with Gasteiger partial charge >= 0.3 is 0 Å². The number of nitrogens with zero attached hydrogens (tertiary/aromatic N) is 3. The van der Waals surface area contributed by atoms with E-state index in [0.717, 1.165) is 32.2 Å². The van der Waals surface area contributed by atoms with E-state index < -0.39 is 6.10 Å². The van der Waals surface area contributed by atoms with E-state index in [4.69, 9.17) is 9.90 Å². The maximum Gasteiger partial charge on any atom is 0.290 e. The molecule has 2 heterocycles. The summed E-state index contributed by atoms with van der Waals surface area (Å²) in [5.41, 5.74) is -0.361. The van der Waals surface area contributed by atoms with Crippen molar-refractivity contribution in [3.63, 3.8) is 0 Å². The second-order valence-corrected chi connectivity index (χ2v) is 8.20. The molecule has 0 aromatic heterocycles. The molecule has 2 atom stereocenters. The van der Waals surface area contributed by atoms with Crippen molar-refractivity contribution in [3.05, 3.63) is 0 Å². The Bertz CT molecular complexity index is 524. The van der Waals surface area contributed by atoms with Crippen LogP contribution in [0.2, 0.25) is 0 Å². The SMILES string of the molecule is CCC(CC)C(=O)N1CCC[C@@]2(CN(C(=O)CN(C)C)CC[C@H]2O)C1.O=CO. The molecule has 2 aliphatic heterocycles. The number of carboxylic acid groups (broad SMARTS) is 1. The zero-order valence-electron chi connectivity index (χ0n) is 17.8. The van der Waals surface area contributed by atoms with Crippen LogP contribution in [0, 0.1) is 11.3 Å². The summed E-state index contributed by atoms with van der Waals surface area (Å²) in [4.78, 5) is 39.4. The second-order valence-electron chi connectivity index (χ2n) is 8.20. The van der Waals surface area contributed by atoms with Crippen LogP contribution < -0.4 is 0 Å². The largest absolute Gasteiger partial charge is 0.483 e. The first kappa shape index (κ1) is 24.4. The number of piperidine rings is 2. The Morgan fingerprint density at radius 1 is 1.18 bits per heavy atom. The van der Waals surface area contributed by atoms with E-state index in [1.165, 1.54) is 0 Å². The van der Waals surface area contributed by atoms with Gasteiger partial charge in [-0.1, -0.05) is 13.8 Å². The molecule has 8 heteroatoms. The highest BCUT2D eigenvalue weighted by Crippen LogP contribution is 2.39. The minimum atomic E-state index is -0.437. The standard InChI is InChI=1S/C19H35N3O3.CH2O2/c1-5-15(6-2)18(25)22-10-7-9-19(14-22)13-21(11-8-16(19)23)17(24)12-20(3)4;2-1-3/h15-16,23H,5-14H2,1-4H3;1H,(H,2,3)/t16-,19-;/m1./s1. The average Bonchev–Trinajstić information content (AvgIpc) is 2.65. The Hall–Kier alpha value is -1.67. The summed E-state index contributed by atoms with van der Waals surface area (Å²) in [7, 11) is 3.78. The fourth-order valence-electron chi connectivity index (χ4n) is 4.38. The van der Waals surface area contributed by atoms with Gasteiger partial charge in [-0.3, -0.25) is 14.4 Å². The van der Waals surface area contributed by atoms with Crippen molar-refractivity contribution in [2.24, 2.45) is 11.3 Å². The van der Waals surface area contributed by atoms with Crippen molar-refractivity contribution in [3.8, 4) is 0 Å². The molecule has 162 valence electrons. The number of aliphatic hydroxyl groups excluding tert-OH is 1. The molecule has 0 saturated carbocycles. The molecule has 2 aliphatic rings. The van der Waals surface area contributed by atoms with E-state index in [2.05, 4.69) is 13.8 Å². The number of amides is 2. The molecule has 2 fully saturated rings. The number of likely N-dealkylation sites (N-methyl/N-ethyl adjacent to an activating group) is 1. The number of likely N-dealkylation sites (tertiary alicyclic amines) is 2. The summed E-state index contributed by atoms with van der Waals surface area (Å²) < 4.78 is 0. The van der Waals surface area contributed by atoms with E-state index in [1.807, 2.05) is 28.8 Å². The number of rotatable bonds is 5. The van der Waals surface area contributed by atoms with E-state index in [-0.39, 0.29) is 29.6 Å². The van der Waals surface area contributed by atoms with Crippen molar-refractivity contribution in [1.29, 1.82) is 0 Å². The van der Waals surface area contributed by atoms with Gasteiger partial charge in [-0.2, -0.15) is 0 Å². The van der Waals surface area contributed by atoms with Gasteiger partial charge in [0.05, 0.1) is 12.6 Å². The zero-order valence-corrected chi connectivity index (χ0v) is 17.8. The predicted molar refractivity (Wildman–Crippen MR) is 107 cm³/mol. The van der Waals surface area contributed by atoms with Crippen LogP contribution in [0.5, 0.6) is 0 Å². The molecule has 0 unspecified atom stereocenters. The Kier molecular flexibility index (Phi) is 9.89. The van der Waals surface area contributed by atoms with Crippen LogP contribution in [0.4, 0.5) is 0 Å². The van der Waals surface area contributed by atoms with E-state index in [1.54, 1.807) is 0 Å².